The monoisotopic (exact) mass is 453 g/mol. The van der Waals surface area contributed by atoms with Crippen molar-refractivity contribution in [1.82, 2.24) is 14.2 Å². The van der Waals surface area contributed by atoms with Gasteiger partial charge in [0.2, 0.25) is 15.9 Å². The molecule has 4 aliphatic carbocycles. The normalized spacial score (nSPS) is 32.5. The molecule has 6 nitrogen and oxygen atoms in total. The van der Waals surface area contributed by atoms with Gasteiger partial charge < -0.3 is 4.90 Å². The van der Waals surface area contributed by atoms with Crippen molar-refractivity contribution in [3.63, 3.8) is 0 Å². The van der Waals surface area contributed by atoms with Crippen LogP contribution in [0.25, 0.3) is 10.9 Å². The Morgan fingerprint density at radius 3 is 2.25 bits per heavy atom. The molecule has 2 heterocycles. The van der Waals surface area contributed by atoms with Gasteiger partial charge in [0, 0.05) is 37.8 Å². The zero-order chi connectivity index (χ0) is 22.1. The van der Waals surface area contributed by atoms with Crippen LogP contribution < -0.4 is 0 Å². The van der Waals surface area contributed by atoms with E-state index in [4.69, 9.17) is 0 Å². The van der Waals surface area contributed by atoms with Crippen LogP contribution in [0.4, 0.5) is 0 Å². The number of pyridine rings is 1. The Morgan fingerprint density at radius 2 is 1.62 bits per heavy atom. The molecular formula is C25H31N3O3S. The van der Waals surface area contributed by atoms with E-state index in [1.807, 2.05) is 24.0 Å². The lowest BCUT2D eigenvalue weighted by molar-refractivity contribution is -0.158. The van der Waals surface area contributed by atoms with Crippen molar-refractivity contribution < 1.29 is 13.2 Å². The third-order valence-corrected chi connectivity index (χ3v) is 10.4. The van der Waals surface area contributed by atoms with Gasteiger partial charge >= 0.3 is 0 Å². The fourth-order valence-electron chi connectivity index (χ4n) is 7.43. The molecule has 1 aromatic carbocycles. The van der Waals surface area contributed by atoms with Gasteiger partial charge in [0.25, 0.3) is 0 Å². The smallest absolute Gasteiger partial charge is 0.245 e. The predicted molar refractivity (Wildman–Crippen MR) is 122 cm³/mol. The summed E-state index contributed by atoms with van der Waals surface area (Å²) in [5, 5.41) is 0.835. The van der Waals surface area contributed by atoms with Gasteiger partial charge in [-0.05, 0) is 80.9 Å². The van der Waals surface area contributed by atoms with Crippen molar-refractivity contribution in [2.75, 3.05) is 26.2 Å². The van der Waals surface area contributed by atoms with Crippen LogP contribution in [-0.2, 0) is 14.8 Å². The molecule has 32 heavy (non-hydrogen) atoms. The molecule has 0 atom stereocenters. The number of hydrogen-bond donors (Lipinski definition) is 0. The highest BCUT2D eigenvalue weighted by Crippen LogP contribution is 2.60. The van der Waals surface area contributed by atoms with E-state index in [9.17, 15) is 13.2 Å². The largest absolute Gasteiger partial charge is 0.340 e. The third kappa shape index (κ3) is 3.19. The molecule has 2 aromatic rings. The van der Waals surface area contributed by atoms with Crippen molar-refractivity contribution in [1.29, 1.82) is 0 Å². The summed E-state index contributed by atoms with van der Waals surface area (Å²) in [6.07, 6.45) is 8.82. The van der Waals surface area contributed by atoms with Crippen molar-refractivity contribution in [2.24, 2.45) is 23.2 Å². The molecule has 0 radical (unpaired) electrons. The summed E-state index contributed by atoms with van der Waals surface area (Å²) in [5.74, 6) is 2.49. The van der Waals surface area contributed by atoms with Crippen LogP contribution in [0, 0.1) is 30.1 Å². The lowest BCUT2D eigenvalue weighted by Gasteiger charge is -2.57. The first-order valence-electron chi connectivity index (χ1n) is 12.0. The number of carbonyl (C=O) groups is 1. The second kappa shape index (κ2) is 7.26. The van der Waals surface area contributed by atoms with E-state index in [-0.39, 0.29) is 10.3 Å². The average molecular weight is 454 g/mol. The van der Waals surface area contributed by atoms with E-state index in [1.165, 1.54) is 23.6 Å². The number of nitrogens with zero attached hydrogens (tertiary/aromatic N) is 3. The quantitative estimate of drug-likeness (QED) is 0.712. The fourth-order valence-corrected chi connectivity index (χ4v) is 9.02. The lowest BCUT2D eigenvalue weighted by Crippen LogP contribution is -2.58. The minimum Gasteiger partial charge on any atom is -0.340 e. The van der Waals surface area contributed by atoms with Crippen LogP contribution in [-0.4, -0.2) is 54.7 Å². The summed E-state index contributed by atoms with van der Waals surface area (Å²) in [7, 11) is -3.66. The number of hydrogen-bond acceptors (Lipinski definition) is 4. The molecule has 0 spiro atoms. The molecule has 1 aliphatic heterocycles. The standard InChI is InChI=1S/C25H31N3O3S/c1-17-9-21-3-2-4-22(23(21)26-16-17)32(30,31)28-7-5-27(6-8-28)24(29)25-13-18-10-19(14-25)12-20(11-18)15-25/h2-4,9,16,18-20H,5-8,10-15H2,1H3. The van der Waals surface area contributed by atoms with Gasteiger partial charge in [-0.2, -0.15) is 4.31 Å². The third-order valence-electron chi connectivity index (χ3n) is 8.45. The van der Waals surface area contributed by atoms with E-state index in [1.54, 1.807) is 18.3 Å². The van der Waals surface area contributed by atoms with Crippen LogP contribution in [0.2, 0.25) is 0 Å². The van der Waals surface area contributed by atoms with Crippen molar-refractivity contribution in [3.8, 4) is 0 Å². The first kappa shape index (κ1) is 20.6. The topological polar surface area (TPSA) is 70.6 Å². The molecule has 4 bridgehead atoms. The minimum atomic E-state index is -3.66. The number of rotatable bonds is 3. The number of amides is 1. The molecule has 0 N–H and O–H groups in total. The highest BCUT2D eigenvalue weighted by atomic mass is 32.2. The zero-order valence-corrected chi connectivity index (χ0v) is 19.5. The Hall–Kier alpha value is -1.99. The van der Waals surface area contributed by atoms with Gasteiger partial charge in [0.15, 0.2) is 0 Å². The summed E-state index contributed by atoms with van der Waals surface area (Å²) in [4.78, 5) is 20.3. The zero-order valence-electron chi connectivity index (χ0n) is 18.7. The number of benzene rings is 1. The Balaban J connectivity index is 1.20. The Labute approximate surface area is 190 Å². The molecule has 1 saturated heterocycles. The molecule has 7 rings (SSSR count). The van der Waals surface area contributed by atoms with Crippen LogP contribution in [0.15, 0.2) is 35.4 Å². The van der Waals surface area contributed by atoms with Crippen LogP contribution >= 0.6 is 0 Å². The minimum absolute atomic E-state index is 0.160. The van der Waals surface area contributed by atoms with Gasteiger partial charge in [-0.3, -0.25) is 9.78 Å². The van der Waals surface area contributed by atoms with Gasteiger partial charge in [0.1, 0.15) is 4.90 Å². The molecule has 1 amide bonds. The fraction of sp³-hybridized carbons (Fsp3) is 0.600. The number of carbonyl (C=O) groups excluding carboxylic acids is 1. The number of piperazine rings is 1. The maximum atomic E-state index is 13.6. The summed E-state index contributed by atoms with van der Waals surface area (Å²) < 4.78 is 28.5. The maximum absolute atomic E-state index is 13.6. The molecule has 0 unspecified atom stereocenters. The lowest BCUT2D eigenvalue weighted by atomic mass is 9.49. The number of aryl methyl sites for hydroxylation is 1. The molecule has 170 valence electrons. The van der Waals surface area contributed by atoms with Crippen LogP contribution in [0.3, 0.4) is 0 Å². The van der Waals surface area contributed by atoms with Crippen molar-refractivity contribution >= 4 is 26.8 Å². The molecular weight excluding hydrogens is 422 g/mol. The Kier molecular flexibility index (Phi) is 4.67. The number of sulfonamides is 1. The van der Waals surface area contributed by atoms with Gasteiger partial charge in [0.05, 0.1) is 10.9 Å². The molecule has 5 aliphatic rings. The summed E-state index contributed by atoms with van der Waals surface area (Å²) in [5.41, 5.74) is 1.36. The second-order valence-corrected chi connectivity index (χ2v) is 12.6. The second-order valence-electron chi connectivity index (χ2n) is 10.7. The summed E-state index contributed by atoms with van der Waals surface area (Å²) in [6, 6.07) is 7.29. The Morgan fingerprint density at radius 1 is 1.00 bits per heavy atom. The van der Waals surface area contributed by atoms with Crippen LogP contribution in [0.1, 0.15) is 44.1 Å². The molecule has 4 saturated carbocycles. The van der Waals surface area contributed by atoms with Crippen molar-refractivity contribution in [3.05, 3.63) is 36.0 Å². The summed E-state index contributed by atoms with van der Waals surface area (Å²) in [6.45, 7) is 3.62. The van der Waals surface area contributed by atoms with E-state index < -0.39 is 10.0 Å². The molecule has 5 fully saturated rings. The van der Waals surface area contributed by atoms with E-state index in [2.05, 4.69) is 4.98 Å². The number of aromatic nitrogens is 1. The van der Waals surface area contributed by atoms with E-state index >= 15 is 0 Å². The maximum Gasteiger partial charge on any atom is 0.245 e. The van der Waals surface area contributed by atoms with Crippen LogP contribution in [0.5, 0.6) is 0 Å². The van der Waals surface area contributed by atoms with Gasteiger partial charge in [-0.1, -0.05) is 12.1 Å². The SMILES string of the molecule is Cc1cnc2c(S(=O)(=O)N3CCN(C(=O)C45CC6CC(CC(C6)C4)C5)CC3)cccc2c1. The first-order chi connectivity index (χ1) is 15.3. The average Bonchev–Trinajstić information content (AvgIpc) is 2.77. The number of fused-ring (bicyclic) bond motifs is 1. The van der Waals surface area contributed by atoms with Gasteiger partial charge in [-0.25, -0.2) is 8.42 Å². The van der Waals surface area contributed by atoms with Gasteiger partial charge in [-0.15, -0.1) is 0 Å². The van der Waals surface area contributed by atoms with Crippen molar-refractivity contribution in [2.45, 2.75) is 50.3 Å². The van der Waals surface area contributed by atoms with E-state index in [0.717, 1.165) is 48.0 Å². The summed E-state index contributed by atoms with van der Waals surface area (Å²) >= 11 is 0. The first-order valence-corrected chi connectivity index (χ1v) is 13.4. The Bertz CT molecular complexity index is 1150. The van der Waals surface area contributed by atoms with E-state index in [0.29, 0.717) is 37.6 Å². The number of para-hydroxylation sites is 1. The predicted octanol–water partition coefficient (Wildman–Crippen LogP) is 3.59. The highest BCUT2D eigenvalue weighted by Gasteiger charge is 2.55. The molecule has 1 aromatic heterocycles. The highest BCUT2D eigenvalue weighted by molar-refractivity contribution is 7.89. The molecule has 7 heteroatoms.